The van der Waals surface area contributed by atoms with Gasteiger partial charge in [-0.25, -0.2) is 0 Å². The smallest absolute Gasteiger partial charge is 0.0541 e. The molecule has 10 aromatic carbocycles. The zero-order valence-corrected chi connectivity index (χ0v) is 29.4. The Kier molecular flexibility index (Phi) is 6.09. The Labute approximate surface area is 311 Å². The second-order valence-corrected chi connectivity index (χ2v) is 14.6. The van der Waals surface area contributed by atoms with Gasteiger partial charge in [-0.05, 0) is 115 Å². The van der Waals surface area contributed by atoms with Crippen molar-refractivity contribution < 1.29 is 0 Å². The van der Waals surface area contributed by atoms with Crippen LogP contribution in [0.2, 0.25) is 0 Å². The summed E-state index contributed by atoms with van der Waals surface area (Å²) in [6, 6.07) is 71.6. The molecule has 0 N–H and O–H groups in total. The summed E-state index contributed by atoms with van der Waals surface area (Å²) >= 11 is 0. The van der Waals surface area contributed by atoms with E-state index in [1.807, 2.05) is 0 Å². The van der Waals surface area contributed by atoms with E-state index in [4.69, 9.17) is 0 Å². The molecule has 2 heteroatoms. The Morgan fingerprint density at radius 1 is 0.222 bits per heavy atom. The number of rotatable bonds is 3. The molecule has 0 spiro atoms. The summed E-state index contributed by atoms with van der Waals surface area (Å²) in [6.45, 7) is 0. The van der Waals surface area contributed by atoms with Gasteiger partial charge in [-0.15, -0.1) is 0 Å². The van der Waals surface area contributed by atoms with Crippen LogP contribution in [0.3, 0.4) is 0 Å². The van der Waals surface area contributed by atoms with Crippen molar-refractivity contribution in [2.24, 2.45) is 0 Å². The average molecular weight is 685 g/mol. The number of benzene rings is 10. The molecule has 54 heavy (non-hydrogen) atoms. The predicted molar refractivity (Wildman–Crippen MR) is 231 cm³/mol. The topological polar surface area (TPSA) is 9.86 Å². The second kappa shape index (κ2) is 11.2. The molecule has 0 unspecified atom stereocenters. The molecule has 0 radical (unpaired) electrons. The quantitative estimate of drug-likeness (QED) is 0.164. The van der Waals surface area contributed by atoms with E-state index in [1.165, 1.54) is 109 Å². The molecule has 0 fully saturated rings. The molecule has 250 valence electrons. The lowest BCUT2D eigenvalue weighted by molar-refractivity contribution is 1.18. The van der Waals surface area contributed by atoms with Gasteiger partial charge in [-0.3, -0.25) is 0 Å². The summed E-state index contributed by atoms with van der Waals surface area (Å²) in [5.74, 6) is 0. The minimum atomic E-state index is 1.17. The van der Waals surface area contributed by atoms with Crippen LogP contribution in [0.5, 0.6) is 0 Å². The van der Waals surface area contributed by atoms with Crippen LogP contribution in [-0.2, 0) is 0 Å². The molecule has 12 aromatic rings. The number of hydrogen-bond donors (Lipinski definition) is 0. The molecule has 0 atom stereocenters. The summed E-state index contributed by atoms with van der Waals surface area (Å²) < 4.78 is 4.84. The zero-order chi connectivity index (χ0) is 35.3. The minimum Gasteiger partial charge on any atom is -0.309 e. The van der Waals surface area contributed by atoms with Crippen molar-refractivity contribution in [3.05, 3.63) is 194 Å². The maximum atomic E-state index is 2.43. The van der Waals surface area contributed by atoms with E-state index in [0.29, 0.717) is 0 Å². The molecule has 0 bridgehead atoms. The number of aromatic nitrogens is 2. The van der Waals surface area contributed by atoms with Gasteiger partial charge in [-0.1, -0.05) is 133 Å². The van der Waals surface area contributed by atoms with Gasteiger partial charge in [0.25, 0.3) is 0 Å². The largest absolute Gasteiger partial charge is 0.309 e. The first-order valence-electron chi connectivity index (χ1n) is 18.7. The van der Waals surface area contributed by atoms with Crippen LogP contribution in [0.1, 0.15) is 0 Å². The molecule has 2 nitrogen and oxygen atoms in total. The second-order valence-electron chi connectivity index (χ2n) is 14.6. The van der Waals surface area contributed by atoms with E-state index in [0.717, 1.165) is 0 Å². The molecule has 0 aliphatic heterocycles. The van der Waals surface area contributed by atoms with Crippen LogP contribution < -0.4 is 0 Å². The fourth-order valence-electron chi connectivity index (χ4n) is 9.13. The maximum absolute atomic E-state index is 2.43. The first-order chi connectivity index (χ1) is 26.8. The predicted octanol–water partition coefficient (Wildman–Crippen LogP) is 14.2. The highest BCUT2D eigenvalue weighted by Gasteiger charge is 2.17. The average Bonchev–Trinajstić information content (AvgIpc) is 3.75. The van der Waals surface area contributed by atoms with Gasteiger partial charge in [-0.2, -0.15) is 0 Å². The van der Waals surface area contributed by atoms with Crippen molar-refractivity contribution in [2.45, 2.75) is 0 Å². The van der Waals surface area contributed by atoms with Gasteiger partial charge in [0.15, 0.2) is 0 Å². The lowest BCUT2D eigenvalue weighted by Gasteiger charge is -2.12. The Bertz CT molecular complexity index is 3510. The third-order valence-electron chi connectivity index (χ3n) is 11.7. The molecule has 12 rings (SSSR count). The van der Waals surface area contributed by atoms with Gasteiger partial charge in [0.1, 0.15) is 0 Å². The molecular formula is C52H32N2. The van der Waals surface area contributed by atoms with Crippen LogP contribution >= 0.6 is 0 Å². The van der Waals surface area contributed by atoms with Gasteiger partial charge < -0.3 is 9.13 Å². The maximum Gasteiger partial charge on any atom is 0.0541 e. The summed E-state index contributed by atoms with van der Waals surface area (Å²) in [6.07, 6.45) is 0. The first kappa shape index (κ1) is 29.4. The molecule has 0 saturated heterocycles. The van der Waals surface area contributed by atoms with Gasteiger partial charge in [0.05, 0.1) is 22.1 Å². The third-order valence-corrected chi connectivity index (χ3v) is 11.7. The fourth-order valence-corrected chi connectivity index (χ4v) is 9.13. The van der Waals surface area contributed by atoms with Crippen LogP contribution in [0.4, 0.5) is 0 Å². The van der Waals surface area contributed by atoms with E-state index < -0.39 is 0 Å². The van der Waals surface area contributed by atoms with Crippen LogP contribution in [-0.4, -0.2) is 9.13 Å². The lowest BCUT2D eigenvalue weighted by atomic mass is 9.97. The van der Waals surface area contributed by atoms with E-state index in [2.05, 4.69) is 203 Å². The minimum absolute atomic E-state index is 1.17. The number of para-hydroxylation sites is 2. The molecule has 0 saturated carbocycles. The first-order valence-corrected chi connectivity index (χ1v) is 18.7. The van der Waals surface area contributed by atoms with E-state index in [1.54, 1.807) is 0 Å². The molecule has 2 heterocycles. The molecule has 2 aromatic heterocycles. The summed E-state index contributed by atoms with van der Waals surface area (Å²) in [4.78, 5) is 0. The van der Waals surface area contributed by atoms with Gasteiger partial charge in [0, 0.05) is 32.9 Å². The molecule has 0 aliphatic carbocycles. The van der Waals surface area contributed by atoms with E-state index in [9.17, 15) is 0 Å². The highest BCUT2D eigenvalue weighted by molar-refractivity contribution is 6.18. The van der Waals surface area contributed by atoms with Crippen molar-refractivity contribution in [3.63, 3.8) is 0 Å². The molecular weight excluding hydrogens is 653 g/mol. The number of hydrogen-bond acceptors (Lipinski definition) is 0. The van der Waals surface area contributed by atoms with Crippen molar-refractivity contribution in [2.75, 3.05) is 0 Å². The van der Waals surface area contributed by atoms with Crippen molar-refractivity contribution >= 4 is 86.7 Å². The Balaban J connectivity index is 1.01. The van der Waals surface area contributed by atoms with E-state index in [-0.39, 0.29) is 0 Å². The molecule has 0 amide bonds. The summed E-state index contributed by atoms with van der Waals surface area (Å²) in [5.41, 5.74) is 9.63. The fraction of sp³-hybridized carbons (Fsp3) is 0. The SMILES string of the molecule is c1ccc2cc(-n3c4ccccc4c4cc(-c5ccc6c(c5)c5ccccc5n6-c5ccc6c(ccc7c8ccccc8ccc67)c5)ccc43)ccc2c1. The summed E-state index contributed by atoms with van der Waals surface area (Å²) in [7, 11) is 0. The van der Waals surface area contributed by atoms with Crippen LogP contribution in [0.15, 0.2) is 194 Å². The molecule has 0 aliphatic rings. The number of nitrogens with zero attached hydrogens (tertiary/aromatic N) is 2. The Morgan fingerprint density at radius 2 is 0.648 bits per heavy atom. The van der Waals surface area contributed by atoms with Crippen LogP contribution in [0, 0.1) is 0 Å². The Hall–Kier alpha value is -7.16. The summed E-state index contributed by atoms with van der Waals surface area (Å²) in [5, 5.41) is 15.2. The lowest BCUT2D eigenvalue weighted by Crippen LogP contribution is -1.94. The van der Waals surface area contributed by atoms with Crippen molar-refractivity contribution in [1.29, 1.82) is 0 Å². The van der Waals surface area contributed by atoms with Crippen molar-refractivity contribution in [1.82, 2.24) is 9.13 Å². The van der Waals surface area contributed by atoms with Crippen LogP contribution in [0.25, 0.3) is 109 Å². The highest BCUT2D eigenvalue weighted by atomic mass is 15.0. The monoisotopic (exact) mass is 684 g/mol. The standard InChI is InChI=1S/C52H32N2/c1-2-11-35-29-39(22-17-33(35)9-1)53-49-15-7-5-13-45(49)47-31-36(20-27-51(47)53)37-21-28-52-48(32-37)46-14-6-8-16-50(46)54(52)40-23-26-42-38(30-40)19-25-43-41-12-4-3-10-34(41)18-24-44(42)43/h1-32H. The zero-order valence-electron chi connectivity index (χ0n) is 29.4. The number of fused-ring (bicyclic) bond motifs is 12. The van der Waals surface area contributed by atoms with Gasteiger partial charge in [0.2, 0.25) is 0 Å². The Morgan fingerprint density at radius 3 is 1.30 bits per heavy atom. The van der Waals surface area contributed by atoms with Crippen molar-refractivity contribution in [3.8, 4) is 22.5 Å². The normalized spacial score (nSPS) is 12.1. The third kappa shape index (κ3) is 4.22. The van der Waals surface area contributed by atoms with Gasteiger partial charge >= 0.3 is 0 Å². The highest BCUT2D eigenvalue weighted by Crippen LogP contribution is 2.40. The van der Waals surface area contributed by atoms with E-state index >= 15 is 0 Å².